The fourth-order valence-corrected chi connectivity index (χ4v) is 1.25. The van der Waals surface area contributed by atoms with Crippen LogP contribution in [0.1, 0.15) is 5.69 Å². The highest BCUT2D eigenvalue weighted by atomic mass is 127. The summed E-state index contributed by atoms with van der Waals surface area (Å²) in [7, 11) is 1.92. The SMILES string of the molecule is CNCc1ncccc1I. The number of rotatable bonds is 2. The molecule has 0 aliphatic carbocycles. The van der Waals surface area contributed by atoms with Crippen LogP contribution < -0.4 is 5.32 Å². The van der Waals surface area contributed by atoms with Crippen molar-refractivity contribution in [1.29, 1.82) is 0 Å². The van der Waals surface area contributed by atoms with Crippen LogP contribution in [0.3, 0.4) is 0 Å². The minimum Gasteiger partial charge on any atom is -0.314 e. The lowest BCUT2D eigenvalue weighted by Gasteiger charge is -1.99. The van der Waals surface area contributed by atoms with E-state index in [1.165, 1.54) is 3.57 Å². The first kappa shape index (κ1) is 7.94. The molecule has 0 unspecified atom stereocenters. The van der Waals surface area contributed by atoms with E-state index in [0.29, 0.717) is 0 Å². The molecule has 0 bridgehead atoms. The van der Waals surface area contributed by atoms with Crippen LogP contribution in [-0.4, -0.2) is 12.0 Å². The number of hydrogen-bond donors (Lipinski definition) is 1. The summed E-state index contributed by atoms with van der Waals surface area (Å²) in [5.74, 6) is 0. The molecule has 0 spiro atoms. The van der Waals surface area contributed by atoms with Gasteiger partial charge >= 0.3 is 0 Å². The molecule has 0 amide bonds. The number of nitrogens with one attached hydrogen (secondary N) is 1. The van der Waals surface area contributed by atoms with Gasteiger partial charge in [-0.15, -0.1) is 0 Å². The van der Waals surface area contributed by atoms with Crippen LogP contribution in [0.25, 0.3) is 0 Å². The average Bonchev–Trinajstić information content (AvgIpc) is 1.94. The summed E-state index contributed by atoms with van der Waals surface area (Å²) in [6.07, 6.45) is 1.81. The van der Waals surface area contributed by atoms with Crippen molar-refractivity contribution >= 4 is 22.6 Å². The van der Waals surface area contributed by atoms with E-state index in [2.05, 4.69) is 39.0 Å². The topological polar surface area (TPSA) is 24.9 Å². The Bertz CT molecular complexity index is 213. The van der Waals surface area contributed by atoms with Crippen LogP contribution in [0.15, 0.2) is 18.3 Å². The van der Waals surface area contributed by atoms with Gasteiger partial charge < -0.3 is 5.32 Å². The molecule has 54 valence electrons. The fourth-order valence-electron chi connectivity index (χ4n) is 0.716. The molecule has 1 aromatic heterocycles. The molecular weight excluding hydrogens is 239 g/mol. The van der Waals surface area contributed by atoms with Gasteiger partial charge in [-0.05, 0) is 41.8 Å². The van der Waals surface area contributed by atoms with Crippen molar-refractivity contribution in [2.75, 3.05) is 7.05 Å². The van der Waals surface area contributed by atoms with Crippen LogP contribution >= 0.6 is 22.6 Å². The van der Waals surface area contributed by atoms with Gasteiger partial charge in [0, 0.05) is 16.3 Å². The summed E-state index contributed by atoms with van der Waals surface area (Å²) < 4.78 is 1.22. The Morgan fingerprint density at radius 1 is 1.70 bits per heavy atom. The van der Waals surface area contributed by atoms with Gasteiger partial charge in [0.2, 0.25) is 0 Å². The molecule has 0 aliphatic rings. The van der Waals surface area contributed by atoms with E-state index in [0.717, 1.165) is 12.2 Å². The summed E-state index contributed by atoms with van der Waals surface area (Å²) in [5.41, 5.74) is 1.12. The lowest BCUT2D eigenvalue weighted by Crippen LogP contribution is -2.08. The number of hydrogen-bond acceptors (Lipinski definition) is 2. The number of pyridine rings is 1. The van der Waals surface area contributed by atoms with Gasteiger partial charge in [0.25, 0.3) is 0 Å². The number of nitrogens with zero attached hydrogens (tertiary/aromatic N) is 1. The minimum atomic E-state index is 0.846. The minimum absolute atomic E-state index is 0.846. The Hall–Kier alpha value is -0.160. The molecule has 0 atom stereocenters. The van der Waals surface area contributed by atoms with E-state index >= 15 is 0 Å². The van der Waals surface area contributed by atoms with Crippen molar-refractivity contribution in [2.45, 2.75) is 6.54 Å². The maximum absolute atomic E-state index is 4.20. The second kappa shape index (κ2) is 3.88. The molecule has 1 heterocycles. The molecule has 0 saturated heterocycles. The van der Waals surface area contributed by atoms with Gasteiger partial charge in [0.05, 0.1) is 5.69 Å². The summed E-state index contributed by atoms with van der Waals surface area (Å²) >= 11 is 2.28. The van der Waals surface area contributed by atoms with E-state index in [1.807, 2.05) is 19.3 Å². The van der Waals surface area contributed by atoms with Gasteiger partial charge in [0.1, 0.15) is 0 Å². The highest BCUT2D eigenvalue weighted by molar-refractivity contribution is 14.1. The molecular formula is C7H9IN2. The molecule has 1 aromatic rings. The summed E-state index contributed by atoms with van der Waals surface area (Å²) in [6, 6.07) is 4.00. The zero-order valence-corrected chi connectivity index (χ0v) is 7.92. The lowest BCUT2D eigenvalue weighted by molar-refractivity contribution is 0.786. The first-order valence-corrected chi connectivity index (χ1v) is 4.16. The van der Waals surface area contributed by atoms with Gasteiger partial charge in [0.15, 0.2) is 0 Å². The van der Waals surface area contributed by atoms with Crippen LogP contribution in [0.5, 0.6) is 0 Å². The van der Waals surface area contributed by atoms with Crippen molar-refractivity contribution in [2.24, 2.45) is 0 Å². The normalized spacial score (nSPS) is 9.80. The van der Waals surface area contributed by atoms with E-state index < -0.39 is 0 Å². The smallest absolute Gasteiger partial charge is 0.0674 e. The molecule has 10 heavy (non-hydrogen) atoms. The van der Waals surface area contributed by atoms with Crippen LogP contribution in [0, 0.1) is 3.57 Å². The van der Waals surface area contributed by atoms with Crippen LogP contribution in [0.2, 0.25) is 0 Å². The third kappa shape index (κ3) is 1.91. The Kier molecular flexibility index (Phi) is 3.08. The maximum Gasteiger partial charge on any atom is 0.0674 e. The molecule has 1 rings (SSSR count). The largest absolute Gasteiger partial charge is 0.314 e. The first-order valence-electron chi connectivity index (χ1n) is 3.08. The Labute approximate surface area is 74.2 Å². The maximum atomic E-state index is 4.20. The quantitative estimate of drug-likeness (QED) is 0.800. The molecule has 1 N–H and O–H groups in total. The van der Waals surface area contributed by atoms with Crippen LogP contribution in [0.4, 0.5) is 0 Å². The Balaban J connectivity index is 2.81. The lowest BCUT2D eigenvalue weighted by atomic mass is 10.3. The first-order chi connectivity index (χ1) is 4.84. The zero-order chi connectivity index (χ0) is 7.40. The molecule has 2 nitrogen and oxygen atoms in total. The van der Waals surface area contributed by atoms with Gasteiger partial charge in [-0.1, -0.05) is 0 Å². The van der Waals surface area contributed by atoms with Crippen molar-refractivity contribution < 1.29 is 0 Å². The third-order valence-electron chi connectivity index (χ3n) is 1.18. The second-order valence-electron chi connectivity index (χ2n) is 1.96. The average molecular weight is 248 g/mol. The predicted octanol–water partition coefficient (Wildman–Crippen LogP) is 1.41. The Morgan fingerprint density at radius 3 is 3.10 bits per heavy atom. The third-order valence-corrected chi connectivity index (χ3v) is 2.16. The Morgan fingerprint density at radius 2 is 2.50 bits per heavy atom. The second-order valence-corrected chi connectivity index (χ2v) is 3.12. The van der Waals surface area contributed by atoms with Gasteiger partial charge in [-0.2, -0.15) is 0 Å². The van der Waals surface area contributed by atoms with Crippen molar-refractivity contribution in [3.63, 3.8) is 0 Å². The summed E-state index contributed by atoms with van der Waals surface area (Å²) in [5, 5.41) is 3.06. The van der Waals surface area contributed by atoms with Crippen molar-refractivity contribution in [3.8, 4) is 0 Å². The number of aromatic nitrogens is 1. The fraction of sp³-hybridized carbons (Fsp3) is 0.286. The highest BCUT2D eigenvalue weighted by Gasteiger charge is 1.95. The molecule has 0 fully saturated rings. The standard InChI is InChI=1S/C7H9IN2/c1-9-5-7-6(8)3-2-4-10-7/h2-4,9H,5H2,1H3. The van der Waals surface area contributed by atoms with Crippen molar-refractivity contribution in [3.05, 3.63) is 27.6 Å². The molecule has 0 radical (unpaired) electrons. The van der Waals surface area contributed by atoms with E-state index in [9.17, 15) is 0 Å². The predicted molar refractivity (Wildman–Crippen MR) is 49.7 cm³/mol. The van der Waals surface area contributed by atoms with E-state index in [-0.39, 0.29) is 0 Å². The van der Waals surface area contributed by atoms with E-state index in [4.69, 9.17) is 0 Å². The number of halogens is 1. The molecule has 0 aliphatic heterocycles. The summed E-state index contributed by atoms with van der Waals surface area (Å²) in [4.78, 5) is 4.20. The monoisotopic (exact) mass is 248 g/mol. The summed E-state index contributed by atoms with van der Waals surface area (Å²) in [6.45, 7) is 0.846. The molecule has 0 aromatic carbocycles. The highest BCUT2D eigenvalue weighted by Crippen LogP contribution is 2.07. The zero-order valence-electron chi connectivity index (χ0n) is 5.76. The molecule has 3 heteroatoms. The van der Waals surface area contributed by atoms with Crippen molar-refractivity contribution in [1.82, 2.24) is 10.3 Å². The molecule has 0 saturated carbocycles. The van der Waals surface area contributed by atoms with Crippen LogP contribution in [-0.2, 0) is 6.54 Å². The van der Waals surface area contributed by atoms with Gasteiger partial charge in [-0.25, -0.2) is 0 Å². The van der Waals surface area contributed by atoms with E-state index in [1.54, 1.807) is 0 Å². The van der Waals surface area contributed by atoms with Gasteiger partial charge in [-0.3, -0.25) is 4.98 Å².